The van der Waals surface area contributed by atoms with Gasteiger partial charge in [0.25, 0.3) is 0 Å². The van der Waals surface area contributed by atoms with Crippen LogP contribution in [0, 0.1) is 0 Å². The predicted molar refractivity (Wildman–Crippen MR) is 105 cm³/mol. The topological polar surface area (TPSA) is 17.1 Å². The molecule has 0 N–H and O–H groups in total. The number of alkyl halides is 1. The van der Waals surface area contributed by atoms with Gasteiger partial charge in [-0.25, -0.2) is 4.39 Å². The maximum atomic E-state index is 14.1. The van der Waals surface area contributed by atoms with Gasteiger partial charge in [-0.15, -0.1) is 0 Å². The van der Waals surface area contributed by atoms with Crippen LogP contribution in [0.2, 0.25) is 0 Å². The molecule has 1 fully saturated rings. The SMILES string of the molecule is C=C1C/C(=C/CP(=O)(c2ccccc2)c2ccccc2)C(=C)[C@@H](F)C1. The van der Waals surface area contributed by atoms with Gasteiger partial charge in [-0.05, 0) is 17.6 Å². The summed E-state index contributed by atoms with van der Waals surface area (Å²) in [7, 11) is -2.83. The third-order valence-corrected chi connectivity index (χ3v) is 7.60. The summed E-state index contributed by atoms with van der Waals surface area (Å²) in [6.45, 7) is 7.80. The van der Waals surface area contributed by atoms with Crippen LogP contribution in [0.5, 0.6) is 0 Å². The fourth-order valence-corrected chi connectivity index (χ4v) is 5.68. The monoisotopic (exact) mass is 352 g/mol. The lowest BCUT2D eigenvalue weighted by atomic mass is 9.86. The molecule has 0 spiro atoms. The van der Waals surface area contributed by atoms with Gasteiger partial charge in [0, 0.05) is 23.2 Å². The van der Waals surface area contributed by atoms with Gasteiger partial charge in [-0.3, -0.25) is 0 Å². The quantitative estimate of drug-likeness (QED) is 0.548. The summed E-state index contributed by atoms with van der Waals surface area (Å²) in [5.74, 6) is 0. The zero-order chi connectivity index (χ0) is 17.9. The maximum Gasteiger partial charge on any atom is 0.146 e. The van der Waals surface area contributed by atoms with Crippen LogP contribution in [-0.2, 0) is 4.57 Å². The largest absolute Gasteiger partial charge is 0.313 e. The van der Waals surface area contributed by atoms with E-state index in [2.05, 4.69) is 13.2 Å². The molecule has 0 heterocycles. The Morgan fingerprint density at radius 3 is 2.04 bits per heavy atom. The summed E-state index contributed by atoms with van der Waals surface area (Å²) < 4.78 is 28.0. The van der Waals surface area contributed by atoms with Crippen molar-refractivity contribution in [1.29, 1.82) is 0 Å². The van der Waals surface area contributed by atoms with Crippen LogP contribution in [0.15, 0.2) is 96.6 Å². The van der Waals surface area contributed by atoms with Crippen LogP contribution < -0.4 is 10.6 Å². The molecule has 0 amide bonds. The van der Waals surface area contributed by atoms with Crippen LogP contribution in [0.1, 0.15) is 12.8 Å². The minimum Gasteiger partial charge on any atom is -0.313 e. The van der Waals surface area contributed by atoms with E-state index in [4.69, 9.17) is 0 Å². The highest BCUT2D eigenvalue weighted by molar-refractivity contribution is 7.78. The van der Waals surface area contributed by atoms with Crippen molar-refractivity contribution in [3.63, 3.8) is 0 Å². The number of benzene rings is 2. The third-order valence-electron chi connectivity index (χ3n) is 4.64. The van der Waals surface area contributed by atoms with E-state index in [9.17, 15) is 8.96 Å². The minimum atomic E-state index is -2.83. The molecular weight excluding hydrogens is 330 g/mol. The molecule has 1 aliphatic rings. The van der Waals surface area contributed by atoms with E-state index in [1.54, 1.807) is 0 Å². The van der Waals surface area contributed by atoms with Gasteiger partial charge >= 0.3 is 0 Å². The fourth-order valence-electron chi connectivity index (χ4n) is 3.17. The molecule has 0 aromatic heterocycles. The molecule has 3 rings (SSSR count). The van der Waals surface area contributed by atoms with E-state index >= 15 is 0 Å². The average molecular weight is 352 g/mol. The van der Waals surface area contributed by atoms with E-state index in [0.29, 0.717) is 24.6 Å². The number of allylic oxidation sites excluding steroid dienone is 4. The molecule has 0 saturated heterocycles. The van der Waals surface area contributed by atoms with E-state index < -0.39 is 13.3 Å². The van der Waals surface area contributed by atoms with Gasteiger partial charge in [0.2, 0.25) is 0 Å². The Labute approximate surface area is 149 Å². The van der Waals surface area contributed by atoms with Gasteiger partial charge in [-0.1, -0.05) is 85.5 Å². The van der Waals surface area contributed by atoms with E-state index in [0.717, 1.165) is 21.8 Å². The highest BCUT2D eigenvalue weighted by atomic mass is 31.2. The van der Waals surface area contributed by atoms with Crippen molar-refractivity contribution in [2.45, 2.75) is 19.0 Å². The van der Waals surface area contributed by atoms with Crippen LogP contribution in [0.25, 0.3) is 0 Å². The maximum absolute atomic E-state index is 14.1. The lowest BCUT2D eigenvalue weighted by Crippen LogP contribution is -2.19. The normalized spacial score (nSPS) is 20.0. The smallest absolute Gasteiger partial charge is 0.146 e. The van der Waals surface area contributed by atoms with Crippen molar-refractivity contribution in [2.75, 3.05) is 6.16 Å². The molecule has 1 saturated carbocycles. The zero-order valence-electron chi connectivity index (χ0n) is 14.2. The molecule has 0 radical (unpaired) electrons. The summed E-state index contributed by atoms with van der Waals surface area (Å²) in [4.78, 5) is 0. The third kappa shape index (κ3) is 3.75. The molecule has 0 aliphatic heterocycles. The molecular formula is C22H22FOP. The molecule has 2 aromatic rings. The Bertz CT molecular complexity index is 809. The Hall–Kier alpha value is -2.18. The first-order valence-corrected chi connectivity index (χ1v) is 10.3. The standard InChI is InChI=1S/C22H22FOP/c1-17-15-19(18(2)22(23)16-17)13-14-25(24,20-9-5-3-6-10-20)21-11-7-4-8-12-21/h3-13,22H,1-2,14-16H2/b19-13-/t22-/m0/s1. The molecule has 1 nitrogen and oxygen atoms in total. The number of rotatable bonds is 4. The van der Waals surface area contributed by atoms with Crippen LogP contribution in [-0.4, -0.2) is 12.3 Å². The molecule has 0 unspecified atom stereocenters. The van der Waals surface area contributed by atoms with E-state index in [-0.39, 0.29) is 0 Å². The minimum absolute atomic E-state index is 0.338. The van der Waals surface area contributed by atoms with Gasteiger partial charge in [0.1, 0.15) is 13.3 Å². The second-order valence-corrected chi connectivity index (χ2v) is 9.32. The first-order valence-electron chi connectivity index (χ1n) is 8.40. The molecule has 128 valence electrons. The Morgan fingerprint density at radius 1 is 1.00 bits per heavy atom. The summed E-state index contributed by atoms with van der Waals surface area (Å²) in [6.07, 6.45) is 2.13. The lowest BCUT2D eigenvalue weighted by molar-refractivity contribution is 0.371. The van der Waals surface area contributed by atoms with Crippen molar-refractivity contribution < 1.29 is 8.96 Å². The van der Waals surface area contributed by atoms with Crippen LogP contribution in [0.4, 0.5) is 4.39 Å². The highest BCUT2D eigenvalue weighted by Gasteiger charge is 2.28. The van der Waals surface area contributed by atoms with Crippen molar-refractivity contribution >= 4 is 17.8 Å². The van der Waals surface area contributed by atoms with E-state index in [1.165, 1.54) is 0 Å². The van der Waals surface area contributed by atoms with Gasteiger partial charge in [0.15, 0.2) is 0 Å². The summed E-state index contributed by atoms with van der Waals surface area (Å²) >= 11 is 0. The second-order valence-electron chi connectivity index (χ2n) is 6.45. The van der Waals surface area contributed by atoms with Crippen molar-refractivity contribution in [3.05, 3.63) is 96.6 Å². The number of halogens is 1. The zero-order valence-corrected chi connectivity index (χ0v) is 15.1. The highest BCUT2D eigenvalue weighted by Crippen LogP contribution is 2.44. The molecule has 25 heavy (non-hydrogen) atoms. The Balaban J connectivity index is 2.00. The molecule has 0 bridgehead atoms. The number of hydrogen-bond donors (Lipinski definition) is 0. The first kappa shape index (κ1) is 17.6. The fraction of sp³-hybridized carbons (Fsp3) is 0.182. The molecule has 2 aromatic carbocycles. The number of hydrogen-bond acceptors (Lipinski definition) is 1. The summed E-state index contributed by atoms with van der Waals surface area (Å²) in [6, 6.07) is 19.0. The van der Waals surface area contributed by atoms with Crippen LogP contribution >= 0.6 is 7.14 Å². The second kappa shape index (κ2) is 7.37. The Kier molecular flexibility index (Phi) is 5.20. The molecule has 1 atom stereocenters. The first-order chi connectivity index (χ1) is 12.0. The van der Waals surface area contributed by atoms with Gasteiger partial charge < -0.3 is 4.57 Å². The molecule has 1 aliphatic carbocycles. The summed E-state index contributed by atoms with van der Waals surface area (Å²) in [5.41, 5.74) is 2.19. The van der Waals surface area contributed by atoms with Crippen molar-refractivity contribution in [1.82, 2.24) is 0 Å². The Morgan fingerprint density at radius 2 is 1.52 bits per heavy atom. The van der Waals surface area contributed by atoms with Gasteiger partial charge in [-0.2, -0.15) is 0 Å². The van der Waals surface area contributed by atoms with Crippen molar-refractivity contribution in [3.8, 4) is 0 Å². The predicted octanol–water partition coefficient (Wildman–Crippen LogP) is 5.17. The van der Waals surface area contributed by atoms with Gasteiger partial charge in [0.05, 0.1) is 0 Å². The lowest BCUT2D eigenvalue weighted by Gasteiger charge is -2.24. The molecule has 3 heteroatoms. The van der Waals surface area contributed by atoms with E-state index in [1.807, 2.05) is 66.7 Å². The van der Waals surface area contributed by atoms with Crippen molar-refractivity contribution in [2.24, 2.45) is 0 Å². The average Bonchev–Trinajstić information content (AvgIpc) is 2.64. The summed E-state index contributed by atoms with van der Waals surface area (Å²) in [5, 5.41) is 1.63. The van der Waals surface area contributed by atoms with Crippen LogP contribution in [0.3, 0.4) is 0 Å².